The van der Waals surface area contributed by atoms with Crippen molar-refractivity contribution in [3.8, 4) is 0 Å². The molecule has 0 radical (unpaired) electrons. The van der Waals surface area contributed by atoms with Gasteiger partial charge in [0, 0.05) is 11.8 Å². The van der Waals surface area contributed by atoms with Crippen LogP contribution in [0.15, 0.2) is 6.20 Å². The Hall–Kier alpha value is -1.03. The van der Waals surface area contributed by atoms with Crippen molar-refractivity contribution in [2.24, 2.45) is 5.92 Å². The van der Waals surface area contributed by atoms with E-state index in [0.717, 1.165) is 31.0 Å². The minimum atomic E-state index is 0.0544. The van der Waals surface area contributed by atoms with Crippen molar-refractivity contribution < 1.29 is 0 Å². The molecule has 0 aliphatic carbocycles. The molecule has 0 aromatic carbocycles. The highest BCUT2D eigenvalue weighted by molar-refractivity contribution is 5.08. The maximum Gasteiger partial charge on any atom is 0.151 e. The van der Waals surface area contributed by atoms with Crippen LogP contribution in [0.2, 0.25) is 0 Å². The number of aromatic nitrogens is 3. The lowest BCUT2D eigenvalue weighted by molar-refractivity contribution is 0.364. The lowest BCUT2D eigenvalue weighted by Gasteiger charge is -2.22. The summed E-state index contributed by atoms with van der Waals surface area (Å²) in [5.74, 6) is 1.62. The number of rotatable bonds is 2. The van der Waals surface area contributed by atoms with E-state index in [1.165, 1.54) is 12.8 Å². The van der Waals surface area contributed by atoms with Gasteiger partial charge in [0.2, 0.25) is 0 Å². The average molecular weight is 234 g/mol. The van der Waals surface area contributed by atoms with Gasteiger partial charge in [-0.25, -0.2) is 4.98 Å². The zero-order chi connectivity index (χ0) is 12.3. The van der Waals surface area contributed by atoms with E-state index < -0.39 is 0 Å². The average Bonchev–Trinajstić information content (AvgIpc) is 2.29. The summed E-state index contributed by atoms with van der Waals surface area (Å²) in [4.78, 5) is 4.64. The standard InChI is InChI=1S/C13H22N4/c1-13(2,3)11-9-15-17-12(16-11)8-10-4-6-14-7-5-10/h9-10,14H,4-8H2,1-3H3. The van der Waals surface area contributed by atoms with Crippen molar-refractivity contribution in [2.45, 2.75) is 45.4 Å². The van der Waals surface area contributed by atoms with Crippen LogP contribution < -0.4 is 5.32 Å². The predicted octanol–water partition coefficient (Wildman–Crippen LogP) is 1.71. The van der Waals surface area contributed by atoms with Crippen molar-refractivity contribution in [1.29, 1.82) is 0 Å². The molecule has 94 valence electrons. The molecule has 2 heterocycles. The fourth-order valence-corrected chi connectivity index (χ4v) is 2.13. The zero-order valence-electron chi connectivity index (χ0n) is 11.0. The molecule has 17 heavy (non-hydrogen) atoms. The maximum atomic E-state index is 4.64. The Morgan fingerprint density at radius 3 is 2.65 bits per heavy atom. The molecule has 1 aromatic heterocycles. The van der Waals surface area contributed by atoms with E-state index in [1.54, 1.807) is 6.20 Å². The number of hydrogen-bond donors (Lipinski definition) is 1. The van der Waals surface area contributed by atoms with Crippen molar-refractivity contribution in [2.75, 3.05) is 13.1 Å². The van der Waals surface area contributed by atoms with Crippen LogP contribution in [0.1, 0.15) is 45.1 Å². The highest BCUT2D eigenvalue weighted by Crippen LogP contribution is 2.20. The number of nitrogens with one attached hydrogen (secondary N) is 1. The second kappa shape index (κ2) is 5.08. The topological polar surface area (TPSA) is 50.7 Å². The fourth-order valence-electron chi connectivity index (χ4n) is 2.13. The normalized spacial score (nSPS) is 18.3. The Bertz CT molecular complexity index is 364. The van der Waals surface area contributed by atoms with Crippen LogP contribution in [-0.4, -0.2) is 28.3 Å². The molecule has 0 atom stereocenters. The van der Waals surface area contributed by atoms with Crippen LogP contribution in [0.3, 0.4) is 0 Å². The van der Waals surface area contributed by atoms with E-state index in [0.29, 0.717) is 5.92 Å². The van der Waals surface area contributed by atoms with E-state index >= 15 is 0 Å². The van der Waals surface area contributed by atoms with Gasteiger partial charge >= 0.3 is 0 Å². The Kier molecular flexibility index (Phi) is 3.72. The maximum absolute atomic E-state index is 4.64. The van der Waals surface area contributed by atoms with Crippen molar-refractivity contribution >= 4 is 0 Å². The zero-order valence-corrected chi connectivity index (χ0v) is 11.0. The molecule has 0 spiro atoms. The smallest absolute Gasteiger partial charge is 0.151 e. The Morgan fingerprint density at radius 1 is 1.29 bits per heavy atom. The first kappa shape index (κ1) is 12.4. The van der Waals surface area contributed by atoms with Crippen LogP contribution >= 0.6 is 0 Å². The van der Waals surface area contributed by atoms with Crippen LogP contribution in [-0.2, 0) is 11.8 Å². The lowest BCUT2D eigenvalue weighted by atomic mass is 9.92. The van der Waals surface area contributed by atoms with Gasteiger partial charge in [0.15, 0.2) is 5.82 Å². The second-order valence-corrected chi connectivity index (χ2v) is 5.91. The van der Waals surface area contributed by atoms with E-state index in [1.807, 2.05) is 0 Å². The summed E-state index contributed by atoms with van der Waals surface area (Å²) >= 11 is 0. The molecular weight excluding hydrogens is 212 g/mol. The number of hydrogen-bond acceptors (Lipinski definition) is 4. The van der Waals surface area contributed by atoms with Crippen LogP contribution in [0.4, 0.5) is 0 Å². The van der Waals surface area contributed by atoms with Gasteiger partial charge in [0.1, 0.15) is 0 Å². The largest absolute Gasteiger partial charge is 0.317 e. The van der Waals surface area contributed by atoms with E-state index in [4.69, 9.17) is 0 Å². The molecule has 1 aliphatic rings. The van der Waals surface area contributed by atoms with Crippen LogP contribution in [0.5, 0.6) is 0 Å². The summed E-state index contributed by atoms with van der Waals surface area (Å²) in [6, 6.07) is 0. The first-order valence-electron chi connectivity index (χ1n) is 6.45. The van der Waals surface area contributed by atoms with Gasteiger partial charge in [0.05, 0.1) is 11.9 Å². The van der Waals surface area contributed by atoms with Gasteiger partial charge in [-0.05, 0) is 31.8 Å². The molecule has 0 amide bonds. The summed E-state index contributed by atoms with van der Waals surface area (Å²) < 4.78 is 0. The molecule has 0 saturated carbocycles. The Balaban J connectivity index is 2.05. The third kappa shape index (κ3) is 3.46. The number of piperidine rings is 1. The molecule has 1 saturated heterocycles. The third-order valence-corrected chi connectivity index (χ3v) is 3.30. The lowest BCUT2D eigenvalue weighted by Crippen LogP contribution is -2.29. The SMILES string of the molecule is CC(C)(C)c1cnnc(CC2CCNCC2)n1. The molecular formula is C13H22N4. The predicted molar refractivity (Wildman–Crippen MR) is 67.8 cm³/mol. The summed E-state index contributed by atoms with van der Waals surface area (Å²) in [6.45, 7) is 8.72. The Morgan fingerprint density at radius 2 is 2.00 bits per heavy atom. The summed E-state index contributed by atoms with van der Waals surface area (Å²) in [5.41, 5.74) is 1.09. The van der Waals surface area contributed by atoms with Crippen molar-refractivity contribution in [3.05, 3.63) is 17.7 Å². The van der Waals surface area contributed by atoms with Gasteiger partial charge < -0.3 is 5.32 Å². The van der Waals surface area contributed by atoms with E-state index in [2.05, 4.69) is 41.3 Å². The van der Waals surface area contributed by atoms with E-state index in [-0.39, 0.29) is 5.41 Å². The first-order valence-corrected chi connectivity index (χ1v) is 6.45. The third-order valence-electron chi connectivity index (χ3n) is 3.30. The molecule has 4 nitrogen and oxygen atoms in total. The fraction of sp³-hybridized carbons (Fsp3) is 0.769. The molecule has 1 aromatic rings. The summed E-state index contributed by atoms with van der Waals surface area (Å²) in [6.07, 6.45) is 5.21. The van der Waals surface area contributed by atoms with Gasteiger partial charge in [-0.2, -0.15) is 5.10 Å². The second-order valence-electron chi connectivity index (χ2n) is 5.91. The van der Waals surface area contributed by atoms with Crippen molar-refractivity contribution in [3.63, 3.8) is 0 Å². The first-order chi connectivity index (χ1) is 8.05. The molecule has 2 rings (SSSR count). The van der Waals surface area contributed by atoms with Crippen molar-refractivity contribution in [1.82, 2.24) is 20.5 Å². The van der Waals surface area contributed by atoms with E-state index in [9.17, 15) is 0 Å². The quantitative estimate of drug-likeness (QED) is 0.846. The summed E-state index contributed by atoms with van der Waals surface area (Å²) in [7, 11) is 0. The summed E-state index contributed by atoms with van der Waals surface area (Å²) in [5, 5.41) is 11.6. The molecule has 0 unspecified atom stereocenters. The van der Waals surface area contributed by atoms with Gasteiger partial charge in [-0.1, -0.05) is 20.8 Å². The van der Waals surface area contributed by atoms with Gasteiger partial charge in [-0.15, -0.1) is 5.10 Å². The number of nitrogens with zero attached hydrogens (tertiary/aromatic N) is 3. The minimum absolute atomic E-state index is 0.0544. The van der Waals surface area contributed by atoms with Gasteiger partial charge in [0.25, 0.3) is 0 Å². The van der Waals surface area contributed by atoms with Crippen LogP contribution in [0.25, 0.3) is 0 Å². The highest BCUT2D eigenvalue weighted by atomic mass is 15.1. The molecule has 1 fully saturated rings. The monoisotopic (exact) mass is 234 g/mol. The molecule has 4 heteroatoms. The van der Waals surface area contributed by atoms with Gasteiger partial charge in [-0.3, -0.25) is 0 Å². The molecule has 0 bridgehead atoms. The minimum Gasteiger partial charge on any atom is -0.317 e. The Labute approximate surface area is 103 Å². The molecule has 1 aliphatic heterocycles. The van der Waals surface area contributed by atoms with Crippen LogP contribution in [0, 0.1) is 5.92 Å². The highest BCUT2D eigenvalue weighted by Gasteiger charge is 2.19. The molecule has 1 N–H and O–H groups in total.